The van der Waals surface area contributed by atoms with Gasteiger partial charge in [-0.05, 0) is 47.4 Å². The first-order valence-electron chi connectivity index (χ1n) is 6.78. The van der Waals surface area contributed by atoms with Gasteiger partial charge in [-0.25, -0.2) is 4.39 Å². The molecule has 0 atom stereocenters. The van der Waals surface area contributed by atoms with Crippen LogP contribution in [0.4, 0.5) is 4.39 Å². The van der Waals surface area contributed by atoms with E-state index in [2.05, 4.69) is 4.98 Å². The number of ether oxygens (including phenoxy) is 1. The summed E-state index contributed by atoms with van der Waals surface area (Å²) in [6, 6.07) is 11.6. The van der Waals surface area contributed by atoms with E-state index in [1.54, 1.807) is 18.5 Å². The fraction of sp³-hybridized carbons (Fsp3) is 0. The molecular weight excluding hydrogens is 317 g/mol. The van der Waals surface area contributed by atoms with Crippen molar-refractivity contribution in [3.8, 4) is 5.75 Å². The van der Waals surface area contributed by atoms with Gasteiger partial charge < -0.3 is 4.74 Å². The van der Waals surface area contributed by atoms with Gasteiger partial charge in [0.25, 0.3) is 0 Å². The van der Waals surface area contributed by atoms with E-state index in [9.17, 15) is 9.18 Å². The van der Waals surface area contributed by atoms with Crippen LogP contribution in [-0.2, 0) is 0 Å². The van der Waals surface area contributed by atoms with E-state index in [1.807, 2.05) is 24.3 Å². The predicted octanol–water partition coefficient (Wildman–Crippen LogP) is 4.41. The van der Waals surface area contributed by atoms with Gasteiger partial charge in [0.05, 0.1) is 5.56 Å². The third kappa shape index (κ3) is 2.69. The zero-order valence-corrected chi connectivity index (χ0v) is 12.6. The number of allylic oxidation sites excluding steroid dienone is 1. The van der Waals surface area contributed by atoms with Gasteiger partial charge in [0.1, 0.15) is 11.6 Å². The van der Waals surface area contributed by atoms with Crippen LogP contribution in [0.2, 0.25) is 0 Å². The first-order valence-corrected chi connectivity index (χ1v) is 6.78. The molecule has 5 heteroatoms. The van der Waals surface area contributed by atoms with E-state index in [4.69, 9.17) is 4.74 Å². The van der Waals surface area contributed by atoms with Crippen LogP contribution in [0.3, 0.4) is 0 Å². The molecule has 1 aromatic heterocycles. The highest BCUT2D eigenvalue weighted by atomic mass is 35.5. The van der Waals surface area contributed by atoms with Gasteiger partial charge in [-0.3, -0.25) is 9.78 Å². The molecule has 0 bridgehead atoms. The van der Waals surface area contributed by atoms with Crippen LogP contribution in [0.15, 0.2) is 60.6 Å². The summed E-state index contributed by atoms with van der Waals surface area (Å²) in [5.74, 6) is -0.156. The highest BCUT2D eigenvalue weighted by Gasteiger charge is 2.27. The predicted molar refractivity (Wildman–Crippen MR) is 88.3 cm³/mol. The summed E-state index contributed by atoms with van der Waals surface area (Å²) in [6.45, 7) is 0. The molecule has 2 heterocycles. The van der Waals surface area contributed by atoms with Gasteiger partial charge in [-0.2, -0.15) is 0 Å². The number of carbonyl (C=O) groups is 1. The maximum atomic E-state index is 13.2. The van der Waals surface area contributed by atoms with Gasteiger partial charge >= 0.3 is 0 Å². The SMILES string of the molecule is Cl.O=C1/C(=C\c2ccc3cnccc3c2)Oc2ccc(F)cc21. The van der Waals surface area contributed by atoms with Gasteiger partial charge in [-0.15, -0.1) is 12.4 Å². The van der Waals surface area contributed by atoms with E-state index >= 15 is 0 Å². The molecule has 23 heavy (non-hydrogen) atoms. The molecule has 0 saturated carbocycles. The van der Waals surface area contributed by atoms with Crippen molar-refractivity contribution < 1.29 is 13.9 Å². The Bertz CT molecular complexity index is 953. The van der Waals surface area contributed by atoms with E-state index in [0.717, 1.165) is 16.3 Å². The second kappa shape index (κ2) is 5.82. The lowest BCUT2D eigenvalue weighted by Gasteiger charge is -2.01. The molecule has 114 valence electrons. The number of hydrogen-bond donors (Lipinski definition) is 0. The molecule has 0 N–H and O–H groups in total. The monoisotopic (exact) mass is 327 g/mol. The van der Waals surface area contributed by atoms with Crippen molar-refractivity contribution in [3.63, 3.8) is 0 Å². The third-order valence-electron chi connectivity index (χ3n) is 3.59. The van der Waals surface area contributed by atoms with Crippen LogP contribution in [0.1, 0.15) is 15.9 Å². The lowest BCUT2D eigenvalue weighted by Crippen LogP contribution is -1.98. The van der Waals surface area contributed by atoms with Crippen molar-refractivity contribution >= 4 is 35.0 Å². The number of aromatic nitrogens is 1. The first kappa shape index (κ1) is 15.2. The van der Waals surface area contributed by atoms with E-state index < -0.39 is 5.82 Å². The minimum absolute atomic E-state index is 0. The molecule has 0 radical (unpaired) electrons. The molecule has 1 aliphatic rings. The Hall–Kier alpha value is -2.72. The summed E-state index contributed by atoms with van der Waals surface area (Å²) in [5.41, 5.74) is 1.10. The topological polar surface area (TPSA) is 39.2 Å². The van der Waals surface area contributed by atoms with Gasteiger partial charge in [0, 0.05) is 17.8 Å². The fourth-order valence-corrected chi connectivity index (χ4v) is 2.50. The molecule has 0 amide bonds. The Morgan fingerprint density at radius 1 is 1.04 bits per heavy atom. The maximum absolute atomic E-state index is 13.2. The van der Waals surface area contributed by atoms with Crippen molar-refractivity contribution in [2.45, 2.75) is 0 Å². The van der Waals surface area contributed by atoms with Gasteiger partial charge in [-0.1, -0.05) is 12.1 Å². The standard InChI is InChI=1S/C18H10FNO2.ClH/c19-14-3-4-16-15(9-14)18(21)17(22-16)8-11-1-2-13-10-20-6-5-12(13)7-11;/h1-10H;1H/b17-8+;. The highest BCUT2D eigenvalue weighted by Crippen LogP contribution is 2.32. The second-order valence-corrected chi connectivity index (χ2v) is 5.06. The third-order valence-corrected chi connectivity index (χ3v) is 3.59. The Labute approximate surface area is 137 Å². The summed E-state index contributed by atoms with van der Waals surface area (Å²) in [4.78, 5) is 16.3. The molecule has 0 unspecified atom stereocenters. The molecule has 4 rings (SSSR count). The van der Waals surface area contributed by atoms with Crippen molar-refractivity contribution in [3.05, 3.63) is 77.6 Å². The minimum Gasteiger partial charge on any atom is -0.452 e. The number of fused-ring (bicyclic) bond motifs is 2. The van der Waals surface area contributed by atoms with Crippen molar-refractivity contribution in [1.29, 1.82) is 0 Å². The minimum atomic E-state index is -0.449. The molecule has 0 spiro atoms. The Morgan fingerprint density at radius 2 is 1.91 bits per heavy atom. The number of Topliss-reactive ketones (excluding diaryl/α,β-unsaturated/α-hetero) is 1. The Balaban J connectivity index is 0.00000156. The number of ketones is 1. The van der Waals surface area contributed by atoms with Crippen molar-refractivity contribution in [1.82, 2.24) is 4.98 Å². The largest absolute Gasteiger partial charge is 0.452 e. The average Bonchev–Trinajstić information content (AvgIpc) is 2.83. The summed E-state index contributed by atoms with van der Waals surface area (Å²) in [6.07, 6.45) is 5.16. The van der Waals surface area contributed by atoms with Crippen molar-refractivity contribution in [2.75, 3.05) is 0 Å². The van der Waals surface area contributed by atoms with Crippen LogP contribution >= 0.6 is 12.4 Å². The summed E-state index contributed by atoms with van der Waals surface area (Å²) >= 11 is 0. The number of halogens is 2. The average molecular weight is 328 g/mol. The number of benzene rings is 2. The fourth-order valence-electron chi connectivity index (χ4n) is 2.50. The van der Waals surface area contributed by atoms with Crippen LogP contribution in [0.25, 0.3) is 16.8 Å². The molecule has 2 aromatic carbocycles. The second-order valence-electron chi connectivity index (χ2n) is 5.06. The van der Waals surface area contributed by atoms with Crippen molar-refractivity contribution in [2.24, 2.45) is 0 Å². The zero-order chi connectivity index (χ0) is 15.1. The summed E-state index contributed by atoms with van der Waals surface area (Å²) < 4.78 is 18.8. The quantitative estimate of drug-likeness (QED) is 0.621. The van der Waals surface area contributed by atoms with Crippen LogP contribution in [0, 0.1) is 5.82 Å². The molecule has 0 fully saturated rings. The molecule has 0 saturated heterocycles. The number of hydrogen-bond acceptors (Lipinski definition) is 3. The smallest absolute Gasteiger partial charge is 0.232 e. The summed E-state index contributed by atoms with van der Waals surface area (Å²) in [7, 11) is 0. The molecule has 0 aliphatic carbocycles. The molecule has 1 aliphatic heterocycles. The van der Waals surface area contributed by atoms with Crippen LogP contribution in [0.5, 0.6) is 5.75 Å². The lowest BCUT2D eigenvalue weighted by atomic mass is 10.1. The van der Waals surface area contributed by atoms with Crippen LogP contribution < -0.4 is 4.74 Å². The van der Waals surface area contributed by atoms with Gasteiger partial charge in [0.15, 0.2) is 5.76 Å². The first-order chi connectivity index (χ1) is 10.7. The lowest BCUT2D eigenvalue weighted by molar-refractivity contribution is 0.101. The normalized spacial score (nSPS) is 14.5. The van der Waals surface area contributed by atoms with Crippen LogP contribution in [-0.4, -0.2) is 10.8 Å². The van der Waals surface area contributed by atoms with E-state index in [1.165, 1.54) is 18.2 Å². The number of nitrogens with zero attached hydrogens (tertiary/aromatic N) is 1. The van der Waals surface area contributed by atoms with Gasteiger partial charge in [0.2, 0.25) is 5.78 Å². The Morgan fingerprint density at radius 3 is 2.78 bits per heavy atom. The maximum Gasteiger partial charge on any atom is 0.232 e. The number of rotatable bonds is 1. The molecule has 3 nitrogen and oxygen atoms in total. The van der Waals surface area contributed by atoms with E-state index in [0.29, 0.717) is 5.75 Å². The molecular formula is C18H11ClFNO2. The summed E-state index contributed by atoms with van der Waals surface area (Å²) in [5, 5.41) is 2.05. The molecule has 3 aromatic rings. The van der Waals surface area contributed by atoms with E-state index in [-0.39, 0.29) is 29.5 Å². The Kier molecular flexibility index (Phi) is 3.84. The number of carbonyl (C=O) groups excluding carboxylic acids is 1. The zero-order valence-electron chi connectivity index (χ0n) is 11.8. The number of pyridine rings is 1. The highest BCUT2D eigenvalue weighted by molar-refractivity contribution is 6.14.